The molecular formula is C12H14ClNO. The predicted molar refractivity (Wildman–Crippen MR) is 59.9 cm³/mol. The van der Waals surface area contributed by atoms with Crippen molar-refractivity contribution < 1.29 is 4.79 Å². The smallest absolute Gasteiger partial charge is 0.135 e. The van der Waals surface area contributed by atoms with E-state index in [1.165, 1.54) is 0 Å². The maximum absolute atomic E-state index is 11.4. The van der Waals surface area contributed by atoms with Crippen molar-refractivity contribution >= 4 is 17.4 Å². The van der Waals surface area contributed by atoms with Crippen LogP contribution in [0.1, 0.15) is 31.2 Å². The first-order chi connectivity index (χ1) is 7.27. The average Bonchev–Trinajstić information content (AvgIpc) is 3.04. The third-order valence-electron chi connectivity index (χ3n) is 2.76. The second-order valence-corrected chi connectivity index (χ2v) is 4.47. The Labute approximate surface area is 94.7 Å². The third-order valence-corrected chi connectivity index (χ3v) is 3.10. The van der Waals surface area contributed by atoms with Crippen LogP contribution in [-0.4, -0.2) is 10.8 Å². The fourth-order valence-corrected chi connectivity index (χ4v) is 1.88. The minimum absolute atomic E-state index is 0.387. The molecule has 1 heterocycles. The van der Waals surface area contributed by atoms with E-state index in [9.17, 15) is 4.79 Å². The molecule has 0 aliphatic heterocycles. The maximum Gasteiger partial charge on any atom is 0.135 e. The molecule has 1 aliphatic carbocycles. The zero-order valence-corrected chi connectivity index (χ0v) is 9.33. The second-order valence-electron chi connectivity index (χ2n) is 4.06. The van der Waals surface area contributed by atoms with Gasteiger partial charge in [-0.15, -0.1) is 0 Å². The van der Waals surface area contributed by atoms with Crippen molar-refractivity contribution in [1.82, 2.24) is 4.98 Å². The molecular weight excluding hydrogens is 210 g/mol. The van der Waals surface area contributed by atoms with Crippen molar-refractivity contribution in [3.05, 3.63) is 29.0 Å². The van der Waals surface area contributed by atoms with E-state index in [0.29, 0.717) is 23.1 Å². The molecule has 0 amide bonds. The molecule has 0 N–H and O–H groups in total. The van der Waals surface area contributed by atoms with E-state index in [1.54, 1.807) is 12.4 Å². The summed E-state index contributed by atoms with van der Waals surface area (Å²) in [5, 5.41) is 0.705. The van der Waals surface area contributed by atoms with Gasteiger partial charge in [-0.25, -0.2) is 0 Å². The van der Waals surface area contributed by atoms with Crippen LogP contribution in [0.5, 0.6) is 0 Å². The number of hydrogen-bond acceptors (Lipinski definition) is 2. The first-order valence-electron chi connectivity index (χ1n) is 5.38. The van der Waals surface area contributed by atoms with Gasteiger partial charge in [-0.05, 0) is 37.3 Å². The number of aryl methyl sites for hydroxylation is 1. The Morgan fingerprint density at radius 1 is 1.53 bits per heavy atom. The number of carbonyl (C=O) groups excluding carboxylic acids is 1. The number of pyridine rings is 1. The van der Waals surface area contributed by atoms with E-state index in [1.807, 2.05) is 6.07 Å². The zero-order chi connectivity index (χ0) is 10.7. The summed E-state index contributed by atoms with van der Waals surface area (Å²) in [4.78, 5) is 15.4. The summed E-state index contributed by atoms with van der Waals surface area (Å²) in [6.07, 6.45) is 8.08. The van der Waals surface area contributed by atoms with Gasteiger partial charge < -0.3 is 0 Å². The normalized spacial score (nSPS) is 15.3. The summed E-state index contributed by atoms with van der Waals surface area (Å²) in [6, 6.07) is 1.92. The van der Waals surface area contributed by atoms with Gasteiger partial charge in [-0.2, -0.15) is 0 Å². The number of nitrogens with zero attached hydrogens (tertiary/aromatic N) is 1. The van der Waals surface area contributed by atoms with Crippen LogP contribution in [0.15, 0.2) is 18.5 Å². The molecule has 2 rings (SSSR count). The molecule has 3 heteroatoms. The SMILES string of the molecule is O=C(CCCc1ccncc1Cl)C1CC1. The van der Waals surface area contributed by atoms with E-state index >= 15 is 0 Å². The fourth-order valence-electron chi connectivity index (χ4n) is 1.67. The van der Waals surface area contributed by atoms with Crippen molar-refractivity contribution in [2.75, 3.05) is 0 Å². The number of hydrogen-bond donors (Lipinski definition) is 0. The van der Waals surface area contributed by atoms with Crippen molar-refractivity contribution in [1.29, 1.82) is 0 Å². The predicted octanol–water partition coefficient (Wildman–Crippen LogP) is 3.04. The van der Waals surface area contributed by atoms with Gasteiger partial charge in [0.15, 0.2) is 0 Å². The minimum Gasteiger partial charge on any atom is -0.299 e. The Morgan fingerprint density at radius 3 is 3.00 bits per heavy atom. The third kappa shape index (κ3) is 3.03. The molecule has 0 radical (unpaired) electrons. The fraction of sp³-hybridized carbons (Fsp3) is 0.500. The molecule has 80 valence electrons. The highest BCUT2D eigenvalue weighted by molar-refractivity contribution is 6.31. The maximum atomic E-state index is 11.4. The van der Waals surface area contributed by atoms with E-state index < -0.39 is 0 Å². The highest BCUT2D eigenvalue weighted by Gasteiger charge is 2.28. The molecule has 0 atom stereocenters. The van der Waals surface area contributed by atoms with Gasteiger partial charge in [0.1, 0.15) is 5.78 Å². The molecule has 1 aromatic heterocycles. The standard InChI is InChI=1S/C12H14ClNO/c13-11-8-14-7-6-9(11)2-1-3-12(15)10-4-5-10/h6-8,10H,1-5H2. The van der Waals surface area contributed by atoms with Crippen LogP contribution in [-0.2, 0) is 11.2 Å². The van der Waals surface area contributed by atoms with Gasteiger partial charge in [0, 0.05) is 24.7 Å². The van der Waals surface area contributed by atoms with E-state index in [0.717, 1.165) is 31.2 Å². The van der Waals surface area contributed by atoms with Gasteiger partial charge in [0.25, 0.3) is 0 Å². The van der Waals surface area contributed by atoms with Crippen LogP contribution < -0.4 is 0 Å². The van der Waals surface area contributed by atoms with Crippen LogP contribution >= 0.6 is 11.6 Å². The number of aromatic nitrogens is 1. The topological polar surface area (TPSA) is 30.0 Å². The summed E-state index contributed by atoms with van der Waals surface area (Å²) in [7, 11) is 0. The van der Waals surface area contributed by atoms with Crippen molar-refractivity contribution in [2.45, 2.75) is 32.1 Å². The number of ketones is 1. The molecule has 0 spiro atoms. The van der Waals surface area contributed by atoms with Crippen molar-refractivity contribution in [2.24, 2.45) is 5.92 Å². The van der Waals surface area contributed by atoms with Crippen LogP contribution in [0.2, 0.25) is 5.02 Å². The van der Waals surface area contributed by atoms with Crippen LogP contribution in [0.25, 0.3) is 0 Å². The summed E-state index contributed by atoms with van der Waals surface area (Å²) >= 11 is 5.97. The number of carbonyl (C=O) groups is 1. The van der Waals surface area contributed by atoms with E-state index in [-0.39, 0.29) is 0 Å². The van der Waals surface area contributed by atoms with E-state index in [4.69, 9.17) is 11.6 Å². The molecule has 0 saturated heterocycles. The van der Waals surface area contributed by atoms with Crippen LogP contribution in [0.4, 0.5) is 0 Å². The summed E-state index contributed by atoms with van der Waals surface area (Å²) in [5.41, 5.74) is 1.09. The second kappa shape index (κ2) is 4.75. The number of halogens is 1. The van der Waals surface area contributed by atoms with Gasteiger partial charge in [-0.1, -0.05) is 11.6 Å². The van der Waals surface area contributed by atoms with Crippen molar-refractivity contribution in [3.63, 3.8) is 0 Å². The Kier molecular flexibility index (Phi) is 3.37. The molecule has 0 aromatic carbocycles. The Morgan fingerprint density at radius 2 is 2.33 bits per heavy atom. The Hall–Kier alpha value is -0.890. The van der Waals surface area contributed by atoms with Crippen molar-refractivity contribution in [3.8, 4) is 0 Å². The van der Waals surface area contributed by atoms with Crippen LogP contribution in [0, 0.1) is 5.92 Å². The molecule has 1 aromatic rings. The van der Waals surface area contributed by atoms with Crippen LogP contribution in [0.3, 0.4) is 0 Å². The molecule has 1 saturated carbocycles. The summed E-state index contributed by atoms with van der Waals surface area (Å²) < 4.78 is 0. The lowest BCUT2D eigenvalue weighted by atomic mass is 10.1. The van der Waals surface area contributed by atoms with Gasteiger partial charge in [-0.3, -0.25) is 9.78 Å². The van der Waals surface area contributed by atoms with Gasteiger partial charge in [0.2, 0.25) is 0 Å². The van der Waals surface area contributed by atoms with E-state index in [2.05, 4.69) is 4.98 Å². The highest BCUT2D eigenvalue weighted by Crippen LogP contribution is 2.31. The average molecular weight is 224 g/mol. The zero-order valence-electron chi connectivity index (χ0n) is 8.58. The lowest BCUT2D eigenvalue weighted by Crippen LogP contribution is -2.00. The lowest BCUT2D eigenvalue weighted by Gasteiger charge is -2.02. The largest absolute Gasteiger partial charge is 0.299 e. The molecule has 2 nitrogen and oxygen atoms in total. The highest BCUT2D eigenvalue weighted by atomic mass is 35.5. The van der Waals surface area contributed by atoms with Gasteiger partial charge >= 0.3 is 0 Å². The molecule has 0 bridgehead atoms. The first kappa shape index (κ1) is 10.6. The first-order valence-corrected chi connectivity index (χ1v) is 5.76. The number of Topliss-reactive ketones (excluding diaryl/α,β-unsaturated/α-hetero) is 1. The number of rotatable bonds is 5. The molecule has 1 aliphatic rings. The quantitative estimate of drug-likeness (QED) is 0.768. The summed E-state index contributed by atoms with van der Waals surface area (Å²) in [6.45, 7) is 0. The van der Waals surface area contributed by atoms with Gasteiger partial charge in [0.05, 0.1) is 5.02 Å². The monoisotopic (exact) mass is 223 g/mol. The molecule has 15 heavy (non-hydrogen) atoms. The minimum atomic E-state index is 0.387. The molecule has 0 unspecified atom stereocenters. The lowest BCUT2D eigenvalue weighted by molar-refractivity contribution is -0.120. The Bertz CT molecular complexity index is 360. The Balaban J connectivity index is 1.78. The molecule has 1 fully saturated rings. The summed E-state index contributed by atoms with van der Waals surface area (Å²) in [5.74, 6) is 0.818.